The zero-order valence-electron chi connectivity index (χ0n) is 11.9. The Hall–Kier alpha value is -2.79. The van der Waals surface area contributed by atoms with E-state index in [-0.39, 0.29) is 0 Å². The lowest BCUT2D eigenvalue weighted by molar-refractivity contribution is 0.708. The van der Waals surface area contributed by atoms with Crippen molar-refractivity contribution in [2.75, 3.05) is 5.32 Å². The molecule has 0 bridgehead atoms. The van der Waals surface area contributed by atoms with Crippen LogP contribution in [0.4, 0.5) is 5.69 Å². The van der Waals surface area contributed by atoms with E-state index in [1.54, 1.807) is 0 Å². The molecule has 0 radical (unpaired) electrons. The Bertz CT molecular complexity index is 802. The smallest absolute Gasteiger partial charge is 0.148 e. The lowest BCUT2D eigenvalue weighted by atomic mass is 9.91. The van der Waals surface area contributed by atoms with Crippen molar-refractivity contribution in [3.05, 3.63) is 78.4 Å². The van der Waals surface area contributed by atoms with Crippen LogP contribution >= 0.6 is 0 Å². The highest BCUT2D eigenvalue weighted by Crippen LogP contribution is 2.28. The summed E-state index contributed by atoms with van der Waals surface area (Å²) in [6.07, 6.45) is 0. The summed E-state index contributed by atoms with van der Waals surface area (Å²) >= 11 is 0. The summed E-state index contributed by atoms with van der Waals surface area (Å²) in [6, 6.07) is 26.6. The zero-order chi connectivity index (χ0) is 14.7. The Kier molecular flexibility index (Phi) is 3.33. The van der Waals surface area contributed by atoms with Crippen LogP contribution in [0.25, 0.3) is 10.8 Å². The van der Waals surface area contributed by atoms with Gasteiger partial charge in [0.2, 0.25) is 0 Å². The summed E-state index contributed by atoms with van der Waals surface area (Å²) in [6.45, 7) is 1.91. The summed E-state index contributed by atoms with van der Waals surface area (Å²) in [5.74, 6) is 0. The summed E-state index contributed by atoms with van der Waals surface area (Å²) in [5.41, 5.74) is 1.15. The van der Waals surface area contributed by atoms with Gasteiger partial charge in [0, 0.05) is 5.69 Å². The molecule has 3 aromatic rings. The molecule has 0 aromatic heterocycles. The average Bonchev–Trinajstić information content (AvgIpc) is 2.55. The van der Waals surface area contributed by atoms with Gasteiger partial charge in [0.05, 0.1) is 6.07 Å². The number of para-hydroxylation sites is 1. The van der Waals surface area contributed by atoms with Crippen LogP contribution in [0.3, 0.4) is 0 Å². The van der Waals surface area contributed by atoms with Crippen molar-refractivity contribution >= 4 is 16.5 Å². The molecule has 1 N–H and O–H groups in total. The molecule has 0 aliphatic carbocycles. The van der Waals surface area contributed by atoms with Gasteiger partial charge in [0.25, 0.3) is 0 Å². The maximum absolute atomic E-state index is 9.66. The first kappa shape index (κ1) is 13.2. The van der Waals surface area contributed by atoms with Crippen LogP contribution in [0.2, 0.25) is 0 Å². The Morgan fingerprint density at radius 2 is 1.52 bits per heavy atom. The highest BCUT2D eigenvalue weighted by Gasteiger charge is 2.26. The Labute approximate surface area is 124 Å². The fourth-order valence-corrected chi connectivity index (χ4v) is 2.48. The quantitative estimate of drug-likeness (QED) is 0.750. The molecule has 2 nitrogen and oxygen atoms in total. The lowest BCUT2D eigenvalue weighted by Gasteiger charge is -2.25. The second kappa shape index (κ2) is 5.30. The second-order valence-corrected chi connectivity index (χ2v) is 5.29. The molecule has 1 atom stereocenters. The molecular formula is C19H16N2. The van der Waals surface area contributed by atoms with Crippen LogP contribution in [0.1, 0.15) is 12.5 Å². The van der Waals surface area contributed by atoms with E-state index in [9.17, 15) is 5.26 Å². The molecule has 0 saturated heterocycles. The van der Waals surface area contributed by atoms with Crippen molar-refractivity contribution in [2.45, 2.75) is 12.5 Å². The number of nitrogens with zero attached hydrogens (tertiary/aromatic N) is 1. The number of nitrogens with one attached hydrogen (secondary N) is 1. The van der Waals surface area contributed by atoms with Crippen LogP contribution < -0.4 is 5.32 Å². The van der Waals surface area contributed by atoms with Crippen molar-refractivity contribution < 1.29 is 0 Å². The molecule has 21 heavy (non-hydrogen) atoms. The van der Waals surface area contributed by atoms with Crippen molar-refractivity contribution in [1.82, 2.24) is 0 Å². The van der Waals surface area contributed by atoms with Crippen molar-refractivity contribution in [3.8, 4) is 6.07 Å². The first-order valence-electron chi connectivity index (χ1n) is 6.95. The normalized spacial score (nSPS) is 13.3. The van der Waals surface area contributed by atoms with Gasteiger partial charge in [-0.05, 0) is 41.5 Å². The molecule has 102 valence electrons. The number of hydrogen-bond acceptors (Lipinski definition) is 2. The van der Waals surface area contributed by atoms with Crippen LogP contribution in [-0.4, -0.2) is 0 Å². The maximum Gasteiger partial charge on any atom is 0.148 e. The van der Waals surface area contributed by atoms with Crippen molar-refractivity contribution in [2.24, 2.45) is 0 Å². The zero-order valence-corrected chi connectivity index (χ0v) is 11.9. The molecule has 1 unspecified atom stereocenters. The third kappa shape index (κ3) is 2.59. The number of rotatable bonds is 3. The van der Waals surface area contributed by atoms with Gasteiger partial charge in [-0.3, -0.25) is 0 Å². The van der Waals surface area contributed by atoms with Gasteiger partial charge in [-0.25, -0.2) is 0 Å². The first-order chi connectivity index (χ1) is 10.2. The Morgan fingerprint density at radius 1 is 0.857 bits per heavy atom. The number of fused-ring (bicyclic) bond motifs is 1. The maximum atomic E-state index is 9.66. The van der Waals surface area contributed by atoms with Crippen LogP contribution in [0, 0.1) is 11.3 Å². The van der Waals surface area contributed by atoms with Gasteiger partial charge >= 0.3 is 0 Å². The fraction of sp³-hybridized carbons (Fsp3) is 0.105. The van der Waals surface area contributed by atoms with Crippen LogP contribution in [-0.2, 0) is 5.54 Å². The molecule has 0 heterocycles. The van der Waals surface area contributed by atoms with Gasteiger partial charge in [-0.1, -0.05) is 54.6 Å². The van der Waals surface area contributed by atoms with Gasteiger partial charge < -0.3 is 5.32 Å². The van der Waals surface area contributed by atoms with E-state index in [1.807, 2.05) is 55.5 Å². The van der Waals surface area contributed by atoms with Gasteiger partial charge in [-0.15, -0.1) is 0 Å². The monoisotopic (exact) mass is 272 g/mol. The van der Waals surface area contributed by atoms with E-state index in [0.29, 0.717) is 0 Å². The standard InChI is InChI=1S/C19H16N2/c1-19(14-20,21-18-9-3-2-4-10-18)17-12-11-15-7-5-6-8-16(15)13-17/h2-13,21H,1H3. The number of benzene rings is 3. The SMILES string of the molecule is CC(C#N)(Nc1ccccc1)c1ccc2ccccc2c1. The first-order valence-corrected chi connectivity index (χ1v) is 6.95. The molecular weight excluding hydrogens is 256 g/mol. The molecule has 0 spiro atoms. The minimum atomic E-state index is -0.759. The van der Waals surface area contributed by atoms with E-state index in [2.05, 4.69) is 35.7 Å². The largest absolute Gasteiger partial charge is 0.364 e. The highest BCUT2D eigenvalue weighted by atomic mass is 15.0. The van der Waals surface area contributed by atoms with Crippen LogP contribution in [0.15, 0.2) is 72.8 Å². The van der Waals surface area contributed by atoms with E-state index in [4.69, 9.17) is 0 Å². The van der Waals surface area contributed by atoms with E-state index in [0.717, 1.165) is 16.6 Å². The Morgan fingerprint density at radius 3 is 2.24 bits per heavy atom. The predicted octanol–water partition coefficient (Wildman–Crippen LogP) is 4.69. The van der Waals surface area contributed by atoms with Crippen molar-refractivity contribution in [3.63, 3.8) is 0 Å². The molecule has 0 fully saturated rings. The second-order valence-electron chi connectivity index (χ2n) is 5.29. The van der Waals surface area contributed by atoms with E-state index < -0.39 is 5.54 Å². The lowest BCUT2D eigenvalue weighted by Crippen LogP contribution is -2.29. The van der Waals surface area contributed by atoms with E-state index >= 15 is 0 Å². The summed E-state index contributed by atoms with van der Waals surface area (Å²) in [7, 11) is 0. The third-order valence-electron chi connectivity index (χ3n) is 3.72. The summed E-state index contributed by atoms with van der Waals surface area (Å²) < 4.78 is 0. The van der Waals surface area contributed by atoms with Gasteiger partial charge in [-0.2, -0.15) is 5.26 Å². The summed E-state index contributed by atoms with van der Waals surface area (Å²) in [4.78, 5) is 0. The predicted molar refractivity (Wildman–Crippen MR) is 87.0 cm³/mol. The topological polar surface area (TPSA) is 35.8 Å². The minimum Gasteiger partial charge on any atom is -0.364 e. The average molecular weight is 272 g/mol. The number of nitriles is 1. The fourth-order valence-electron chi connectivity index (χ4n) is 2.48. The molecule has 2 heteroatoms. The third-order valence-corrected chi connectivity index (χ3v) is 3.72. The van der Waals surface area contributed by atoms with Crippen LogP contribution in [0.5, 0.6) is 0 Å². The minimum absolute atomic E-state index is 0.759. The number of hydrogen-bond donors (Lipinski definition) is 1. The molecule has 0 amide bonds. The van der Waals surface area contributed by atoms with Crippen molar-refractivity contribution in [1.29, 1.82) is 5.26 Å². The molecule has 3 aromatic carbocycles. The number of anilines is 1. The van der Waals surface area contributed by atoms with E-state index in [1.165, 1.54) is 5.39 Å². The highest BCUT2D eigenvalue weighted by molar-refractivity contribution is 5.83. The molecule has 0 aliphatic rings. The summed E-state index contributed by atoms with van der Waals surface area (Å²) in [5, 5.41) is 15.3. The molecule has 3 rings (SSSR count). The Balaban J connectivity index is 2.03. The van der Waals surface area contributed by atoms with Gasteiger partial charge in [0.15, 0.2) is 0 Å². The van der Waals surface area contributed by atoms with Gasteiger partial charge in [0.1, 0.15) is 5.54 Å². The molecule has 0 saturated carbocycles. The molecule has 0 aliphatic heterocycles.